The minimum atomic E-state index is -1.11. The van der Waals surface area contributed by atoms with E-state index in [1.54, 1.807) is 6.07 Å². The molecule has 0 saturated heterocycles. The average Bonchev–Trinajstić information content (AvgIpc) is 2.40. The highest BCUT2D eigenvalue weighted by molar-refractivity contribution is 5.83. The van der Waals surface area contributed by atoms with Crippen molar-refractivity contribution in [1.29, 1.82) is 0 Å². The lowest BCUT2D eigenvalue weighted by molar-refractivity contribution is 0.0683. The SMILES string of the molecule is CCCc1ccc(-c2ccnc(C(=O)O)n2)cc1. The third-order valence-electron chi connectivity index (χ3n) is 2.64. The zero-order valence-electron chi connectivity index (χ0n) is 10.1. The van der Waals surface area contributed by atoms with Crippen LogP contribution in [0.25, 0.3) is 11.3 Å². The molecule has 2 rings (SSSR count). The van der Waals surface area contributed by atoms with Gasteiger partial charge in [-0.1, -0.05) is 37.6 Å². The molecule has 1 heterocycles. The summed E-state index contributed by atoms with van der Waals surface area (Å²) in [5.74, 6) is -1.29. The molecule has 0 aliphatic heterocycles. The predicted molar refractivity (Wildman–Crippen MR) is 68.4 cm³/mol. The van der Waals surface area contributed by atoms with Crippen molar-refractivity contribution in [3.8, 4) is 11.3 Å². The molecule has 1 aromatic heterocycles. The van der Waals surface area contributed by atoms with Crippen LogP contribution in [-0.2, 0) is 6.42 Å². The molecule has 18 heavy (non-hydrogen) atoms. The van der Waals surface area contributed by atoms with Gasteiger partial charge in [0.1, 0.15) is 0 Å². The molecule has 4 heteroatoms. The Morgan fingerprint density at radius 3 is 2.56 bits per heavy atom. The van der Waals surface area contributed by atoms with Gasteiger partial charge in [-0.2, -0.15) is 0 Å². The van der Waals surface area contributed by atoms with Crippen LogP contribution in [-0.4, -0.2) is 21.0 Å². The van der Waals surface area contributed by atoms with E-state index in [1.807, 2.05) is 24.3 Å². The minimum Gasteiger partial charge on any atom is -0.475 e. The number of carboxylic acid groups (broad SMARTS) is 1. The molecule has 0 unspecified atom stereocenters. The standard InChI is InChI=1S/C14H14N2O2/c1-2-3-10-4-6-11(7-5-10)12-8-9-15-13(16-12)14(17)18/h4-9H,2-3H2,1H3,(H,17,18). The van der Waals surface area contributed by atoms with E-state index in [0.29, 0.717) is 5.69 Å². The van der Waals surface area contributed by atoms with Gasteiger partial charge in [0, 0.05) is 11.8 Å². The third-order valence-corrected chi connectivity index (χ3v) is 2.64. The maximum Gasteiger partial charge on any atom is 0.373 e. The number of carboxylic acids is 1. The van der Waals surface area contributed by atoms with Crippen molar-refractivity contribution in [1.82, 2.24) is 9.97 Å². The van der Waals surface area contributed by atoms with E-state index in [1.165, 1.54) is 11.8 Å². The lowest BCUT2D eigenvalue weighted by atomic mass is 10.1. The largest absolute Gasteiger partial charge is 0.475 e. The first-order valence-electron chi connectivity index (χ1n) is 5.86. The second-order valence-corrected chi connectivity index (χ2v) is 4.02. The van der Waals surface area contributed by atoms with Crippen molar-refractivity contribution in [3.05, 3.63) is 47.9 Å². The molecule has 2 aromatic rings. The fraction of sp³-hybridized carbons (Fsp3) is 0.214. The van der Waals surface area contributed by atoms with Crippen LogP contribution in [0.15, 0.2) is 36.5 Å². The molecule has 0 bridgehead atoms. The van der Waals surface area contributed by atoms with Gasteiger partial charge in [-0.15, -0.1) is 0 Å². The molecule has 4 nitrogen and oxygen atoms in total. The van der Waals surface area contributed by atoms with E-state index in [4.69, 9.17) is 5.11 Å². The lowest BCUT2D eigenvalue weighted by Crippen LogP contribution is -2.04. The average molecular weight is 242 g/mol. The van der Waals surface area contributed by atoms with Crippen LogP contribution in [0.4, 0.5) is 0 Å². The number of aromatic carboxylic acids is 1. The van der Waals surface area contributed by atoms with Gasteiger partial charge in [-0.25, -0.2) is 14.8 Å². The van der Waals surface area contributed by atoms with Crippen LogP contribution in [0.3, 0.4) is 0 Å². The van der Waals surface area contributed by atoms with E-state index in [2.05, 4.69) is 16.9 Å². The van der Waals surface area contributed by atoms with Gasteiger partial charge in [0.2, 0.25) is 5.82 Å². The summed E-state index contributed by atoms with van der Waals surface area (Å²) < 4.78 is 0. The molecule has 0 fully saturated rings. The summed E-state index contributed by atoms with van der Waals surface area (Å²) in [6, 6.07) is 9.71. The van der Waals surface area contributed by atoms with Crippen molar-refractivity contribution >= 4 is 5.97 Å². The fourth-order valence-corrected chi connectivity index (χ4v) is 1.75. The Morgan fingerprint density at radius 1 is 1.22 bits per heavy atom. The number of nitrogens with zero attached hydrogens (tertiary/aromatic N) is 2. The van der Waals surface area contributed by atoms with E-state index in [-0.39, 0.29) is 5.82 Å². The monoisotopic (exact) mass is 242 g/mol. The minimum absolute atomic E-state index is 0.176. The van der Waals surface area contributed by atoms with E-state index in [0.717, 1.165) is 18.4 Å². The highest BCUT2D eigenvalue weighted by atomic mass is 16.4. The summed E-state index contributed by atoms with van der Waals surface area (Å²) in [5.41, 5.74) is 2.80. The van der Waals surface area contributed by atoms with Crippen molar-refractivity contribution in [2.24, 2.45) is 0 Å². The van der Waals surface area contributed by atoms with Crippen molar-refractivity contribution in [2.45, 2.75) is 19.8 Å². The molecule has 92 valence electrons. The van der Waals surface area contributed by atoms with Gasteiger partial charge in [0.15, 0.2) is 0 Å². The Kier molecular flexibility index (Phi) is 3.67. The van der Waals surface area contributed by atoms with Gasteiger partial charge in [-0.3, -0.25) is 0 Å². The second kappa shape index (κ2) is 5.40. The highest BCUT2D eigenvalue weighted by Gasteiger charge is 2.08. The number of carbonyl (C=O) groups is 1. The Morgan fingerprint density at radius 2 is 1.94 bits per heavy atom. The molecular formula is C14H14N2O2. The fourth-order valence-electron chi connectivity index (χ4n) is 1.75. The second-order valence-electron chi connectivity index (χ2n) is 4.02. The zero-order chi connectivity index (χ0) is 13.0. The Hall–Kier alpha value is -2.23. The molecule has 0 saturated carbocycles. The van der Waals surface area contributed by atoms with Crippen LogP contribution < -0.4 is 0 Å². The number of benzene rings is 1. The molecule has 0 aliphatic carbocycles. The summed E-state index contributed by atoms with van der Waals surface area (Å²) in [4.78, 5) is 18.5. The first kappa shape index (κ1) is 12.2. The quantitative estimate of drug-likeness (QED) is 0.895. The predicted octanol–water partition coefficient (Wildman–Crippen LogP) is 2.79. The Bertz CT molecular complexity index is 550. The molecule has 1 aromatic carbocycles. The van der Waals surface area contributed by atoms with Gasteiger partial charge < -0.3 is 5.11 Å². The normalized spacial score (nSPS) is 10.3. The summed E-state index contributed by atoms with van der Waals surface area (Å²) in [7, 11) is 0. The molecule has 1 N–H and O–H groups in total. The van der Waals surface area contributed by atoms with Crippen LogP contribution in [0.2, 0.25) is 0 Å². The number of hydrogen-bond acceptors (Lipinski definition) is 3. The first-order valence-corrected chi connectivity index (χ1v) is 5.86. The highest BCUT2D eigenvalue weighted by Crippen LogP contribution is 2.17. The van der Waals surface area contributed by atoms with Gasteiger partial charge in [0.25, 0.3) is 0 Å². The number of aromatic nitrogens is 2. The molecule has 0 amide bonds. The van der Waals surface area contributed by atoms with Crippen molar-refractivity contribution < 1.29 is 9.90 Å². The Balaban J connectivity index is 2.30. The van der Waals surface area contributed by atoms with Gasteiger partial charge in [0.05, 0.1) is 5.69 Å². The van der Waals surface area contributed by atoms with Crippen molar-refractivity contribution in [3.63, 3.8) is 0 Å². The van der Waals surface area contributed by atoms with Crippen LogP contribution in [0, 0.1) is 0 Å². The van der Waals surface area contributed by atoms with Gasteiger partial charge >= 0.3 is 5.97 Å². The maximum atomic E-state index is 10.8. The summed E-state index contributed by atoms with van der Waals surface area (Å²) in [6.45, 7) is 2.14. The summed E-state index contributed by atoms with van der Waals surface area (Å²) in [5, 5.41) is 8.85. The number of rotatable bonds is 4. The number of aryl methyl sites for hydroxylation is 1. The maximum absolute atomic E-state index is 10.8. The first-order chi connectivity index (χ1) is 8.70. The Labute approximate surface area is 105 Å². The molecule has 0 aliphatic rings. The zero-order valence-corrected chi connectivity index (χ0v) is 10.1. The molecule has 0 radical (unpaired) electrons. The molecular weight excluding hydrogens is 228 g/mol. The van der Waals surface area contributed by atoms with E-state index >= 15 is 0 Å². The van der Waals surface area contributed by atoms with E-state index < -0.39 is 5.97 Å². The van der Waals surface area contributed by atoms with Crippen LogP contribution in [0.1, 0.15) is 29.5 Å². The topological polar surface area (TPSA) is 63.1 Å². The summed E-state index contributed by atoms with van der Waals surface area (Å²) in [6.07, 6.45) is 3.62. The smallest absolute Gasteiger partial charge is 0.373 e. The molecule has 0 spiro atoms. The third kappa shape index (κ3) is 2.71. The van der Waals surface area contributed by atoms with Crippen molar-refractivity contribution in [2.75, 3.05) is 0 Å². The lowest BCUT2D eigenvalue weighted by Gasteiger charge is -2.03. The summed E-state index contributed by atoms with van der Waals surface area (Å²) >= 11 is 0. The number of hydrogen-bond donors (Lipinski definition) is 1. The van der Waals surface area contributed by atoms with E-state index in [9.17, 15) is 4.79 Å². The van der Waals surface area contributed by atoms with Gasteiger partial charge in [-0.05, 0) is 18.1 Å². The molecule has 0 atom stereocenters. The van der Waals surface area contributed by atoms with Crippen LogP contribution >= 0.6 is 0 Å². The van der Waals surface area contributed by atoms with Crippen LogP contribution in [0.5, 0.6) is 0 Å².